The molecule has 0 radical (unpaired) electrons. The van der Waals surface area contributed by atoms with Crippen molar-refractivity contribution in [3.05, 3.63) is 26.9 Å². The Morgan fingerprint density at radius 1 is 1.44 bits per heavy atom. The highest BCUT2D eigenvalue weighted by molar-refractivity contribution is 9.11. The summed E-state index contributed by atoms with van der Waals surface area (Å²) in [5.41, 5.74) is 0.549. The molecular weight excluding hydrogens is 366 g/mol. The highest BCUT2D eigenvalue weighted by atomic mass is 79.9. The number of pyridine rings is 1. The maximum Gasteiger partial charge on any atom is 0.327 e. The zero-order valence-electron chi connectivity index (χ0n) is 9.57. The van der Waals surface area contributed by atoms with Crippen molar-refractivity contribution in [2.24, 2.45) is 0 Å². The van der Waals surface area contributed by atoms with E-state index in [1.54, 1.807) is 6.20 Å². The number of piperazine rings is 1. The highest BCUT2D eigenvalue weighted by Crippen LogP contribution is 2.28. The topological polar surface area (TPSA) is 65.5 Å². The second-order valence-electron chi connectivity index (χ2n) is 4.05. The van der Waals surface area contributed by atoms with E-state index < -0.39 is 12.0 Å². The summed E-state index contributed by atoms with van der Waals surface area (Å²) in [5, 5.41) is 12.6. The van der Waals surface area contributed by atoms with E-state index in [2.05, 4.69) is 42.2 Å². The number of aromatic nitrogens is 1. The minimum Gasteiger partial charge on any atom is -0.480 e. The molecule has 2 heterocycles. The van der Waals surface area contributed by atoms with E-state index in [0.717, 1.165) is 17.6 Å². The lowest BCUT2D eigenvalue weighted by molar-refractivity contribution is -0.144. The number of carbonyl (C=O) groups is 1. The molecule has 1 fully saturated rings. The number of carboxylic acid groups (broad SMARTS) is 1. The van der Waals surface area contributed by atoms with Crippen molar-refractivity contribution in [1.29, 1.82) is 0 Å². The zero-order valence-corrected chi connectivity index (χ0v) is 12.7. The largest absolute Gasteiger partial charge is 0.480 e. The molecule has 0 amide bonds. The summed E-state index contributed by atoms with van der Waals surface area (Å²) in [6.07, 6.45) is 1.62. The van der Waals surface area contributed by atoms with Crippen molar-refractivity contribution in [2.75, 3.05) is 26.2 Å². The molecule has 2 N–H and O–H groups in total. The average Bonchev–Trinajstić information content (AvgIpc) is 2.33. The van der Waals surface area contributed by atoms with Gasteiger partial charge in [-0.15, -0.1) is 0 Å². The molecule has 1 atom stereocenters. The lowest BCUT2D eigenvalue weighted by Crippen LogP contribution is -2.47. The summed E-state index contributed by atoms with van der Waals surface area (Å²) < 4.78 is 1.53. The fraction of sp³-hybridized carbons (Fsp3) is 0.455. The van der Waals surface area contributed by atoms with Crippen molar-refractivity contribution in [1.82, 2.24) is 15.2 Å². The molecule has 0 bridgehead atoms. The monoisotopic (exact) mass is 377 g/mol. The first-order chi connectivity index (χ1) is 8.59. The Morgan fingerprint density at radius 3 is 2.67 bits per heavy atom. The first-order valence-corrected chi connectivity index (χ1v) is 7.16. The predicted octanol–water partition coefficient (Wildman–Crippen LogP) is 1.64. The first-order valence-electron chi connectivity index (χ1n) is 5.58. The predicted molar refractivity (Wildman–Crippen MR) is 74.5 cm³/mol. The van der Waals surface area contributed by atoms with Gasteiger partial charge in [0, 0.05) is 41.3 Å². The summed E-state index contributed by atoms with van der Waals surface area (Å²) in [6, 6.07) is 1.12. The Balaban J connectivity index is 2.31. The SMILES string of the molecule is O=C(O)C(c1ncc(Br)cc1Br)N1CCNCC1. The average molecular weight is 379 g/mol. The van der Waals surface area contributed by atoms with Gasteiger partial charge in [-0.2, -0.15) is 0 Å². The molecule has 1 aliphatic rings. The molecule has 7 heteroatoms. The number of aliphatic carboxylic acids is 1. The van der Waals surface area contributed by atoms with Gasteiger partial charge in [-0.3, -0.25) is 14.7 Å². The molecule has 98 valence electrons. The minimum absolute atomic E-state index is 0.549. The Bertz CT molecular complexity index is 450. The van der Waals surface area contributed by atoms with Gasteiger partial charge in [-0.05, 0) is 37.9 Å². The lowest BCUT2D eigenvalue weighted by Gasteiger charge is -2.32. The molecule has 5 nitrogen and oxygen atoms in total. The molecule has 18 heavy (non-hydrogen) atoms. The summed E-state index contributed by atoms with van der Waals surface area (Å²) in [4.78, 5) is 17.7. The summed E-state index contributed by atoms with van der Waals surface area (Å²) in [7, 11) is 0. The van der Waals surface area contributed by atoms with Gasteiger partial charge in [-0.1, -0.05) is 0 Å². The van der Waals surface area contributed by atoms with Gasteiger partial charge in [0.15, 0.2) is 6.04 Å². The van der Waals surface area contributed by atoms with Crippen molar-refractivity contribution in [2.45, 2.75) is 6.04 Å². The molecule has 0 aliphatic carbocycles. The second kappa shape index (κ2) is 6.10. The standard InChI is InChI=1S/C11H13Br2N3O2/c12-7-5-8(13)9(15-6-7)10(11(17)18)16-3-1-14-2-4-16/h5-6,10,14H,1-4H2,(H,17,18). The Morgan fingerprint density at radius 2 is 2.11 bits per heavy atom. The van der Waals surface area contributed by atoms with Gasteiger partial charge < -0.3 is 10.4 Å². The van der Waals surface area contributed by atoms with Crippen LogP contribution in [-0.2, 0) is 4.79 Å². The van der Waals surface area contributed by atoms with Crippen LogP contribution in [0.3, 0.4) is 0 Å². The fourth-order valence-corrected chi connectivity index (χ4v) is 3.22. The number of hydrogen-bond acceptors (Lipinski definition) is 4. The molecule has 1 aromatic heterocycles. The number of carboxylic acids is 1. The molecule has 0 saturated carbocycles. The van der Waals surface area contributed by atoms with Crippen LogP contribution in [0.2, 0.25) is 0 Å². The third-order valence-corrected chi connectivity index (χ3v) is 3.91. The molecule has 1 aliphatic heterocycles. The molecule has 2 rings (SSSR count). The van der Waals surface area contributed by atoms with Crippen LogP contribution in [0, 0.1) is 0 Å². The normalized spacial score (nSPS) is 18.6. The van der Waals surface area contributed by atoms with Gasteiger partial charge in [0.2, 0.25) is 0 Å². The number of halogens is 2. The maximum atomic E-state index is 11.5. The van der Waals surface area contributed by atoms with E-state index in [9.17, 15) is 9.90 Å². The van der Waals surface area contributed by atoms with Crippen LogP contribution in [0.15, 0.2) is 21.2 Å². The smallest absolute Gasteiger partial charge is 0.327 e. The Labute approximate surface area is 122 Å². The molecule has 0 spiro atoms. The summed E-state index contributed by atoms with van der Waals surface area (Å²) in [5.74, 6) is -0.868. The van der Waals surface area contributed by atoms with Crippen molar-refractivity contribution >= 4 is 37.8 Å². The van der Waals surface area contributed by atoms with E-state index in [-0.39, 0.29) is 0 Å². The second-order valence-corrected chi connectivity index (χ2v) is 5.82. The van der Waals surface area contributed by atoms with Gasteiger partial charge >= 0.3 is 5.97 Å². The van der Waals surface area contributed by atoms with Crippen LogP contribution < -0.4 is 5.32 Å². The van der Waals surface area contributed by atoms with Crippen LogP contribution in [0.4, 0.5) is 0 Å². The van der Waals surface area contributed by atoms with Crippen molar-refractivity contribution in [3.8, 4) is 0 Å². The van der Waals surface area contributed by atoms with E-state index in [4.69, 9.17) is 0 Å². The molecular formula is C11H13Br2N3O2. The quantitative estimate of drug-likeness (QED) is 0.836. The fourth-order valence-electron chi connectivity index (χ4n) is 2.01. The van der Waals surface area contributed by atoms with Crippen LogP contribution in [0.25, 0.3) is 0 Å². The number of hydrogen-bond donors (Lipinski definition) is 2. The third kappa shape index (κ3) is 3.09. The van der Waals surface area contributed by atoms with E-state index in [1.165, 1.54) is 0 Å². The lowest BCUT2D eigenvalue weighted by atomic mass is 10.1. The zero-order chi connectivity index (χ0) is 13.1. The number of nitrogens with one attached hydrogen (secondary N) is 1. The van der Waals surface area contributed by atoms with Gasteiger partial charge in [0.25, 0.3) is 0 Å². The highest BCUT2D eigenvalue weighted by Gasteiger charge is 2.31. The number of nitrogens with zero attached hydrogens (tertiary/aromatic N) is 2. The van der Waals surface area contributed by atoms with Crippen LogP contribution >= 0.6 is 31.9 Å². The molecule has 0 aromatic carbocycles. The van der Waals surface area contributed by atoms with Gasteiger partial charge in [0.05, 0.1) is 5.69 Å². The molecule has 1 aromatic rings. The van der Waals surface area contributed by atoms with E-state index in [0.29, 0.717) is 23.3 Å². The maximum absolute atomic E-state index is 11.5. The summed E-state index contributed by atoms with van der Waals surface area (Å²) in [6.45, 7) is 3.03. The third-order valence-electron chi connectivity index (χ3n) is 2.85. The first kappa shape index (κ1) is 13.9. The van der Waals surface area contributed by atoms with Gasteiger partial charge in [0.1, 0.15) is 0 Å². The van der Waals surface area contributed by atoms with E-state index >= 15 is 0 Å². The van der Waals surface area contributed by atoms with Crippen LogP contribution in [0.5, 0.6) is 0 Å². The van der Waals surface area contributed by atoms with Gasteiger partial charge in [-0.25, -0.2) is 0 Å². The molecule has 1 unspecified atom stereocenters. The Hall–Kier alpha value is -0.500. The van der Waals surface area contributed by atoms with Crippen molar-refractivity contribution < 1.29 is 9.90 Å². The summed E-state index contributed by atoms with van der Waals surface area (Å²) >= 11 is 6.70. The van der Waals surface area contributed by atoms with Crippen LogP contribution in [0.1, 0.15) is 11.7 Å². The van der Waals surface area contributed by atoms with Crippen LogP contribution in [-0.4, -0.2) is 47.1 Å². The van der Waals surface area contributed by atoms with Crippen molar-refractivity contribution in [3.63, 3.8) is 0 Å². The molecule has 1 saturated heterocycles. The minimum atomic E-state index is -0.868. The Kier molecular flexibility index (Phi) is 4.71. The number of rotatable bonds is 3. The van der Waals surface area contributed by atoms with E-state index in [1.807, 2.05) is 11.0 Å².